The second-order valence-electron chi connectivity index (χ2n) is 6.45. The molecule has 2 aromatic heterocycles. The number of carbonyl (C=O) groups is 2. The zero-order valence-electron chi connectivity index (χ0n) is 15.5. The fourth-order valence-electron chi connectivity index (χ4n) is 3.06. The van der Waals surface area contributed by atoms with Gasteiger partial charge in [0, 0.05) is 34.5 Å². The molecular formula is C20H19N3O4S. The summed E-state index contributed by atoms with van der Waals surface area (Å²) in [5, 5.41) is 3.87. The molecule has 0 bridgehead atoms. The van der Waals surface area contributed by atoms with E-state index in [9.17, 15) is 9.59 Å². The highest BCUT2D eigenvalue weighted by Crippen LogP contribution is 2.43. The van der Waals surface area contributed by atoms with Crippen molar-refractivity contribution in [3.8, 4) is 5.69 Å². The van der Waals surface area contributed by atoms with Crippen LogP contribution in [0.2, 0.25) is 0 Å². The Hall–Kier alpha value is -2.87. The summed E-state index contributed by atoms with van der Waals surface area (Å²) < 4.78 is 12.3. The molecule has 8 heteroatoms. The number of benzene rings is 1. The molecule has 2 heterocycles. The number of hydrogen-bond acceptors (Lipinski definition) is 7. The summed E-state index contributed by atoms with van der Waals surface area (Å²) in [6.07, 6.45) is 8.99. The third-order valence-corrected chi connectivity index (χ3v) is 5.37. The van der Waals surface area contributed by atoms with Gasteiger partial charge >= 0.3 is 5.97 Å². The van der Waals surface area contributed by atoms with Crippen molar-refractivity contribution in [2.45, 2.75) is 30.6 Å². The van der Waals surface area contributed by atoms with Crippen molar-refractivity contribution >= 4 is 23.5 Å². The summed E-state index contributed by atoms with van der Waals surface area (Å²) in [6, 6.07) is 5.54. The third-order valence-electron chi connectivity index (χ3n) is 4.59. The van der Waals surface area contributed by atoms with Crippen LogP contribution < -0.4 is 0 Å². The van der Waals surface area contributed by atoms with Crippen molar-refractivity contribution in [2.24, 2.45) is 0 Å². The molecule has 1 fully saturated rings. The molecule has 0 saturated heterocycles. The van der Waals surface area contributed by atoms with Crippen LogP contribution in [-0.2, 0) is 4.74 Å². The number of ketones is 1. The van der Waals surface area contributed by atoms with Crippen molar-refractivity contribution in [1.29, 1.82) is 0 Å². The maximum atomic E-state index is 13.4. The molecule has 1 aliphatic carbocycles. The van der Waals surface area contributed by atoms with E-state index < -0.39 is 5.97 Å². The zero-order valence-corrected chi connectivity index (χ0v) is 16.4. The Morgan fingerprint density at radius 3 is 2.82 bits per heavy atom. The normalized spacial score (nSPS) is 13.5. The summed E-state index contributed by atoms with van der Waals surface area (Å²) in [6.45, 7) is 1.91. The van der Waals surface area contributed by atoms with Crippen LogP contribution in [0.3, 0.4) is 0 Å². The third kappa shape index (κ3) is 3.35. The van der Waals surface area contributed by atoms with Crippen LogP contribution in [0.5, 0.6) is 0 Å². The van der Waals surface area contributed by atoms with Gasteiger partial charge in [0.15, 0.2) is 11.5 Å². The Bertz CT molecular complexity index is 1020. The van der Waals surface area contributed by atoms with E-state index in [4.69, 9.17) is 9.26 Å². The first-order valence-corrected chi connectivity index (χ1v) is 10.2. The van der Waals surface area contributed by atoms with Crippen molar-refractivity contribution < 1.29 is 18.8 Å². The molecule has 1 aliphatic rings. The van der Waals surface area contributed by atoms with Crippen molar-refractivity contribution in [2.75, 3.05) is 12.9 Å². The van der Waals surface area contributed by atoms with Gasteiger partial charge in [-0.1, -0.05) is 5.16 Å². The van der Waals surface area contributed by atoms with Gasteiger partial charge in [0.05, 0.1) is 12.9 Å². The van der Waals surface area contributed by atoms with Gasteiger partial charge in [0.1, 0.15) is 5.56 Å². The number of nitrogens with zero attached hydrogens (tertiary/aromatic N) is 3. The number of ether oxygens (including phenoxy) is 1. The van der Waals surface area contributed by atoms with E-state index in [2.05, 4.69) is 10.1 Å². The summed E-state index contributed by atoms with van der Waals surface area (Å²) >= 11 is 1.47. The van der Waals surface area contributed by atoms with Gasteiger partial charge in [-0.15, -0.1) is 11.8 Å². The highest BCUT2D eigenvalue weighted by atomic mass is 32.2. The van der Waals surface area contributed by atoms with Crippen LogP contribution in [0, 0.1) is 0 Å². The molecule has 28 heavy (non-hydrogen) atoms. The highest BCUT2D eigenvalue weighted by Gasteiger charge is 2.38. The van der Waals surface area contributed by atoms with Gasteiger partial charge in [-0.05, 0) is 44.2 Å². The molecule has 4 rings (SSSR count). The number of imidazole rings is 1. The minimum Gasteiger partial charge on any atom is -0.461 e. The van der Waals surface area contributed by atoms with Gasteiger partial charge in [-0.25, -0.2) is 9.78 Å². The molecule has 0 amide bonds. The van der Waals surface area contributed by atoms with Gasteiger partial charge < -0.3 is 13.8 Å². The Morgan fingerprint density at radius 2 is 2.18 bits per heavy atom. The van der Waals surface area contributed by atoms with Crippen molar-refractivity contribution in [1.82, 2.24) is 14.7 Å². The first-order chi connectivity index (χ1) is 13.6. The summed E-state index contributed by atoms with van der Waals surface area (Å²) in [5.74, 6) is -0.286. The second kappa shape index (κ2) is 7.63. The molecule has 0 radical (unpaired) electrons. The fraction of sp³-hybridized carbons (Fsp3) is 0.300. The van der Waals surface area contributed by atoms with E-state index in [0.717, 1.165) is 23.4 Å². The molecule has 0 atom stereocenters. The predicted molar refractivity (Wildman–Crippen MR) is 103 cm³/mol. The van der Waals surface area contributed by atoms with E-state index in [1.54, 1.807) is 25.5 Å². The highest BCUT2D eigenvalue weighted by molar-refractivity contribution is 7.98. The molecule has 0 N–H and O–H groups in total. The quantitative estimate of drug-likeness (QED) is 0.340. The number of esters is 1. The smallest absolute Gasteiger partial charge is 0.361 e. The Kier molecular flexibility index (Phi) is 5.04. The van der Waals surface area contributed by atoms with Crippen molar-refractivity contribution in [3.63, 3.8) is 0 Å². The van der Waals surface area contributed by atoms with Crippen LogP contribution in [0.25, 0.3) is 5.69 Å². The lowest BCUT2D eigenvalue weighted by Crippen LogP contribution is -2.14. The summed E-state index contributed by atoms with van der Waals surface area (Å²) in [4.78, 5) is 30.6. The predicted octanol–water partition coefficient (Wildman–Crippen LogP) is 3.87. The van der Waals surface area contributed by atoms with Crippen LogP contribution in [0.4, 0.5) is 0 Å². The standard InChI is InChI=1S/C20H19N3O4S/c1-3-26-20(25)17-16(19(27-22-17)12-4-5-12)18(24)14-7-6-13(10-15(14)28-2)23-9-8-21-11-23/h6-12H,3-5H2,1-2H3. The molecule has 1 saturated carbocycles. The molecule has 0 aliphatic heterocycles. The van der Waals surface area contributed by atoms with E-state index in [-0.39, 0.29) is 29.6 Å². The van der Waals surface area contributed by atoms with Crippen molar-refractivity contribution in [3.05, 3.63) is 59.5 Å². The van der Waals surface area contributed by atoms with E-state index in [1.165, 1.54) is 11.8 Å². The van der Waals surface area contributed by atoms with E-state index in [0.29, 0.717) is 11.3 Å². The lowest BCUT2D eigenvalue weighted by atomic mass is 9.99. The number of carbonyl (C=O) groups excluding carboxylic acids is 2. The Labute approximate surface area is 166 Å². The first-order valence-electron chi connectivity index (χ1n) is 9.01. The van der Waals surface area contributed by atoms with Crippen LogP contribution in [0.1, 0.15) is 57.9 Å². The summed E-state index contributed by atoms with van der Waals surface area (Å²) in [5.41, 5.74) is 1.59. The van der Waals surface area contributed by atoms with Crippen LogP contribution >= 0.6 is 11.8 Å². The summed E-state index contributed by atoms with van der Waals surface area (Å²) in [7, 11) is 0. The van der Waals surface area contributed by atoms with E-state index >= 15 is 0 Å². The zero-order chi connectivity index (χ0) is 19.7. The molecule has 144 valence electrons. The molecule has 3 aromatic rings. The van der Waals surface area contributed by atoms with Gasteiger partial charge in [0.25, 0.3) is 0 Å². The lowest BCUT2D eigenvalue weighted by molar-refractivity contribution is 0.0512. The number of hydrogen-bond donors (Lipinski definition) is 0. The van der Waals surface area contributed by atoms with Gasteiger partial charge in [-0.3, -0.25) is 4.79 Å². The number of rotatable bonds is 7. The van der Waals surface area contributed by atoms with Crippen LogP contribution in [-0.4, -0.2) is 39.3 Å². The average molecular weight is 397 g/mol. The van der Waals surface area contributed by atoms with E-state index in [1.807, 2.05) is 29.2 Å². The monoisotopic (exact) mass is 397 g/mol. The number of thioether (sulfide) groups is 1. The average Bonchev–Trinajstić information content (AvgIpc) is 3.22. The molecular weight excluding hydrogens is 378 g/mol. The first kappa shape index (κ1) is 18.5. The minimum atomic E-state index is -0.637. The maximum Gasteiger partial charge on any atom is 0.361 e. The fourth-order valence-corrected chi connectivity index (χ4v) is 3.68. The minimum absolute atomic E-state index is 0.0421. The Balaban J connectivity index is 1.77. The molecule has 0 unspecified atom stereocenters. The maximum absolute atomic E-state index is 13.4. The topological polar surface area (TPSA) is 87.2 Å². The molecule has 0 spiro atoms. The molecule has 7 nitrogen and oxygen atoms in total. The van der Waals surface area contributed by atoms with Crippen LogP contribution in [0.15, 0.2) is 46.3 Å². The van der Waals surface area contributed by atoms with Gasteiger partial charge in [-0.2, -0.15) is 0 Å². The largest absolute Gasteiger partial charge is 0.461 e. The van der Waals surface area contributed by atoms with Gasteiger partial charge in [0.2, 0.25) is 5.69 Å². The number of aromatic nitrogens is 3. The second-order valence-corrected chi connectivity index (χ2v) is 7.30. The molecule has 1 aromatic carbocycles. The SMILES string of the molecule is CCOC(=O)c1noc(C2CC2)c1C(=O)c1ccc(-n2ccnc2)cc1SC. The Morgan fingerprint density at radius 1 is 1.36 bits per heavy atom. The lowest BCUT2D eigenvalue weighted by Gasteiger charge is -2.10.